The van der Waals surface area contributed by atoms with Crippen molar-refractivity contribution in [2.75, 3.05) is 7.11 Å². The highest BCUT2D eigenvalue weighted by Crippen LogP contribution is 2.32. The van der Waals surface area contributed by atoms with Crippen LogP contribution in [0.3, 0.4) is 0 Å². The van der Waals surface area contributed by atoms with Crippen molar-refractivity contribution in [2.45, 2.75) is 12.5 Å². The summed E-state index contributed by atoms with van der Waals surface area (Å²) in [4.78, 5) is 11.2. The third-order valence-corrected chi connectivity index (χ3v) is 2.19. The first-order valence-corrected chi connectivity index (χ1v) is 4.27. The van der Waals surface area contributed by atoms with E-state index in [1.807, 2.05) is 0 Å². The number of rotatable bonds is 1. The van der Waals surface area contributed by atoms with Crippen LogP contribution in [0, 0.1) is 0 Å². The molecule has 74 valence electrons. The van der Waals surface area contributed by atoms with Crippen molar-refractivity contribution in [1.82, 2.24) is 0 Å². The quantitative estimate of drug-likeness (QED) is 0.674. The van der Waals surface area contributed by atoms with Crippen LogP contribution >= 0.6 is 0 Å². The van der Waals surface area contributed by atoms with Crippen LogP contribution in [-0.4, -0.2) is 24.3 Å². The summed E-state index contributed by atoms with van der Waals surface area (Å²) in [6, 6.07) is 4.81. The Bertz CT molecular complexity index is 372. The van der Waals surface area contributed by atoms with Gasteiger partial charge < -0.3 is 14.6 Å². The fraction of sp³-hybridized carbons (Fsp3) is 0.300. The Morgan fingerprint density at radius 1 is 1.64 bits per heavy atom. The van der Waals surface area contributed by atoms with E-state index >= 15 is 0 Å². The monoisotopic (exact) mass is 194 g/mol. The number of methoxy groups -OCH3 is 1. The van der Waals surface area contributed by atoms with Gasteiger partial charge in [0.15, 0.2) is 6.10 Å². The minimum absolute atomic E-state index is 0.134. The minimum atomic E-state index is -0.572. The lowest BCUT2D eigenvalue weighted by molar-refractivity contribution is -0.147. The van der Waals surface area contributed by atoms with E-state index in [9.17, 15) is 9.90 Å². The van der Waals surface area contributed by atoms with Crippen LogP contribution in [0.25, 0.3) is 0 Å². The van der Waals surface area contributed by atoms with E-state index in [1.165, 1.54) is 13.2 Å². The summed E-state index contributed by atoms with van der Waals surface area (Å²) in [6.45, 7) is 0. The van der Waals surface area contributed by atoms with E-state index in [2.05, 4.69) is 4.74 Å². The summed E-state index contributed by atoms with van der Waals surface area (Å²) in [5.74, 6) is 0.301. The van der Waals surface area contributed by atoms with Crippen LogP contribution in [0.4, 0.5) is 0 Å². The molecule has 0 saturated heterocycles. The number of aromatic hydroxyl groups is 1. The Morgan fingerprint density at radius 2 is 2.43 bits per heavy atom. The molecule has 0 bridgehead atoms. The number of fused-ring (bicyclic) bond motifs is 1. The van der Waals surface area contributed by atoms with Gasteiger partial charge in [-0.3, -0.25) is 0 Å². The van der Waals surface area contributed by atoms with Gasteiger partial charge in [0.1, 0.15) is 11.5 Å². The average Bonchev–Trinajstić information content (AvgIpc) is 2.59. The molecule has 4 nitrogen and oxygen atoms in total. The molecule has 0 aliphatic carbocycles. The predicted octanol–water partition coefficient (Wildman–Crippen LogP) is 0.869. The van der Waals surface area contributed by atoms with Crippen molar-refractivity contribution in [3.8, 4) is 11.5 Å². The molecule has 0 fully saturated rings. The number of benzene rings is 1. The van der Waals surface area contributed by atoms with E-state index in [0.717, 1.165) is 5.56 Å². The zero-order valence-corrected chi connectivity index (χ0v) is 7.69. The second kappa shape index (κ2) is 3.21. The summed E-state index contributed by atoms with van der Waals surface area (Å²) in [5.41, 5.74) is 0.915. The summed E-state index contributed by atoms with van der Waals surface area (Å²) in [5, 5.41) is 9.18. The van der Waals surface area contributed by atoms with Gasteiger partial charge >= 0.3 is 5.97 Å². The number of phenols is 1. The molecule has 1 heterocycles. The van der Waals surface area contributed by atoms with Crippen molar-refractivity contribution in [2.24, 2.45) is 0 Å². The lowest BCUT2D eigenvalue weighted by atomic mass is 10.1. The van der Waals surface area contributed by atoms with Crippen LogP contribution in [0.1, 0.15) is 5.56 Å². The molecule has 1 aliphatic heterocycles. The molecule has 1 N–H and O–H groups in total. The fourth-order valence-corrected chi connectivity index (χ4v) is 1.48. The van der Waals surface area contributed by atoms with Crippen LogP contribution in [0.15, 0.2) is 18.2 Å². The molecule has 0 aromatic heterocycles. The maximum absolute atomic E-state index is 11.2. The average molecular weight is 194 g/mol. The molecule has 14 heavy (non-hydrogen) atoms. The van der Waals surface area contributed by atoms with E-state index in [0.29, 0.717) is 12.2 Å². The molecule has 1 aromatic carbocycles. The molecule has 0 amide bonds. The highest BCUT2D eigenvalue weighted by Gasteiger charge is 2.29. The van der Waals surface area contributed by atoms with Gasteiger partial charge in [0.05, 0.1) is 7.11 Å². The summed E-state index contributed by atoms with van der Waals surface area (Å²) < 4.78 is 9.88. The van der Waals surface area contributed by atoms with Gasteiger partial charge in [-0.25, -0.2) is 4.79 Å². The highest BCUT2D eigenvalue weighted by molar-refractivity contribution is 5.76. The lowest BCUT2D eigenvalue weighted by Gasteiger charge is -2.06. The van der Waals surface area contributed by atoms with E-state index in [-0.39, 0.29) is 11.7 Å². The Hall–Kier alpha value is -1.71. The van der Waals surface area contributed by atoms with Gasteiger partial charge in [-0.1, -0.05) is 6.07 Å². The lowest BCUT2D eigenvalue weighted by Crippen LogP contribution is -2.26. The Kier molecular flexibility index (Phi) is 2.04. The SMILES string of the molecule is COC(=O)[C@H]1Cc2ccc(O)cc2O1. The Balaban J connectivity index is 2.22. The zero-order valence-electron chi connectivity index (χ0n) is 7.69. The van der Waals surface area contributed by atoms with Gasteiger partial charge in [0, 0.05) is 12.5 Å². The molecular weight excluding hydrogens is 184 g/mol. The van der Waals surface area contributed by atoms with Crippen LogP contribution in [0.2, 0.25) is 0 Å². The van der Waals surface area contributed by atoms with Gasteiger partial charge in [-0.15, -0.1) is 0 Å². The largest absolute Gasteiger partial charge is 0.508 e. The number of hydrogen-bond donors (Lipinski definition) is 1. The smallest absolute Gasteiger partial charge is 0.347 e. The molecule has 2 rings (SSSR count). The first-order valence-electron chi connectivity index (χ1n) is 4.27. The highest BCUT2D eigenvalue weighted by atomic mass is 16.6. The molecule has 0 spiro atoms. The second-order valence-electron chi connectivity index (χ2n) is 3.13. The number of hydrogen-bond acceptors (Lipinski definition) is 4. The summed E-state index contributed by atoms with van der Waals surface area (Å²) in [6.07, 6.45) is -0.0701. The van der Waals surface area contributed by atoms with E-state index in [1.54, 1.807) is 12.1 Å². The maximum atomic E-state index is 11.2. The number of carbonyl (C=O) groups is 1. The molecule has 1 aliphatic rings. The van der Waals surface area contributed by atoms with Gasteiger partial charge in [0.2, 0.25) is 0 Å². The fourth-order valence-electron chi connectivity index (χ4n) is 1.48. The van der Waals surface area contributed by atoms with Crippen molar-refractivity contribution in [1.29, 1.82) is 0 Å². The molecule has 0 unspecified atom stereocenters. The normalized spacial score (nSPS) is 18.5. The van der Waals surface area contributed by atoms with Crippen LogP contribution in [0.5, 0.6) is 11.5 Å². The first kappa shape index (κ1) is 8.87. The van der Waals surface area contributed by atoms with E-state index < -0.39 is 6.10 Å². The number of ether oxygens (including phenoxy) is 2. The standard InChI is InChI=1S/C10H10O4/c1-13-10(12)9-4-6-2-3-7(11)5-8(6)14-9/h2-3,5,9,11H,4H2,1H3/t9-/m1/s1. The summed E-state index contributed by atoms with van der Waals surface area (Å²) in [7, 11) is 1.33. The minimum Gasteiger partial charge on any atom is -0.508 e. The number of carbonyl (C=O) groups excluding carboxylic acids is 1. The molecular formula is C10H10O4. The first-order chi connectivity index (χ1) is 6.70. The van der Waals surface area contributed by atoms with Crippen molar-refractivity contribution in [3.63, 3.8) is 0 Å². The molecule has 1 atom stereocenters. The van der Waals surface area contributed by atoms with Crippen LogP contribution < -0.4 is 4.74 Å². The Labute approximate surface area is 81.1 Å². The van der Waals surface area contributed by atoms with Gasteiger partial charge in [0.25, 0.3) is 0 Å². The second-order valence-corrected chi connectivity index (χ2v) is 3.13. The van der Waals surface area contributed by atoms with Crippen LogP contribution in [-0.2, 0) is 16.0 Å². The van der Waals surface area contributed by atoms with E-state index in [4.69, 9.17) is 4.74 Å². The predicted molar refractivity (Wildman–Crippen MR) is 48.2 cm³/mol. The molecule has 1 aromatic rings. The van der Waals surface area contributed by atoms with Crippen molar-refractivity contribution >= 4 is 5.97 Å². The number of esters is 1. The number of phenolic OH excluding ortho intramolecular Hbond substituents is 1. The van der Waals surface area contributed by atoms with Crippen molar-refractivity contribution in [3.05, 3.63) is 23.8 Å². The molecule has 0 radical (unpaired) electrons. The van der Waals surface area contributed by atoms with Gasteiger partial charge in [-0.05, 0) is 11.6 Å². The topological polar surface area (TPSA) is 55.8 Å². The van der Waals surface area contributed by atoms with Crippen molar-refractivity contribution < 1.29 is 19.4 Å². The third kappa shape index (κ3) is 1.39. The maximum Gasteiger partial charge on any atom is 0.347 e. The summed E-state index contributed by atoms with van der Waals surface area (Å²) >= 11 is 0. The Morgan fingerprint density at radius 3 is 3.14 bits per heavy atom. The third-order valence-electron chi connectivity index (χ3n) is 2.19. The molecule has 0 saturated carbocycles. The van der Waals surface area contributed by atoms with Gasteiger partial charge in [-0.2, -0.15) is 0 Å². The molecule has 4 heteroatoms. The zero-order chi connectivity index (χ0) is 10.1.